The molecule has 1 aromatic rings. The minimum Gasteiger partial charge on any atom is -0.508 e. The minimum atomic E-state index is 0.0738. The smallest absolute Gasteiger partial charge is 0.127 e. The second kappa shape index (κ2) is 6.42. The van der Waals surface area contributed by atoms with Crippen molar-refractivity contribution < 1.29 is 9.84 Å². The number of aromatic hydroxyl groups is 1. The third-order valence-electron chi connectivity index (χ3n) is 8.51. The van der Waals surface area contributed by atoms with Crippen LogP contribution in [0.5, 0.6) is 11.5 Å². The number of hydrogen-bond acceptors (Lipinski definition) is 2. The third kappa shape index (κ3) is 2.81. The third-order valence-corrected chi connectivity index (χ3v) is 8.51. The largest absolute Gasteiger partial charge is 0.508 e. The van der Waals surface area contributed by atoms with Gasteiger partial charge in [0.05, 0.1) is 0 Å². The number of phenols is 1. The van der Waals surface area contributed by atoms with Crippen LogP contribution in [0.1, 0.15) is 97.1 Å². The molecule has 1 aliphatic heterocycles. The lowest BCUT2D eigenvalue weighted by Gasteiger charge is -2.63. The molecule has 27 heavy (non-hydrogen) atoms. The molecule has 2 nitrogen and oxygen atoms in total. The van der Waals surface area contributed by atoms with Crippen LogP contribution in [-0.4, -0.2) is 11.2 Å². The zero-order chi connectivity index (χ0) is 19.6. The van der Waals surface area contributed by atoms with Crippen molar-refractivity contribution in [1.82, 2.24) is 0 Å². The number of rotatable bonds is 6. The molecular formula is C25H38O2. The van der Waals surface area contributed by atoms with Crippen molar-refractivity contribution >= 4 is 0 Å². The van der Waals surface area contributed by atoms with Crippen molar-refractivity contribution in [2.24, 2.45) is 23.2 Å². The number of ether oxygens (including phenoxy) is 1. The lowest BCUT2D eigenvalue weighted by atomic mass is 9.41. The average molecular weight is 371 g/mol. The molecule has 1 heterocycles. The van der Waals surface area contributed by atoms with Gasteiger partial charge < -0.3 is 9.84 Å². The number of fused-ring (bicyclic) bond motifs is 1. The Hall–Kier alpha value is -1.18. The van der Waals surface area contributed by atoms with E-state index in [-0.39, 0.29) is 11.5 Å². The summed E-state index contributed by atoms with van der Waals surface area (Å²) in [5.74, 6) is 3.78. The van der Waals surface area contributed by atoms with E-state index in [1.165, 1.54) is 37.7 Å². The summed E-state index contributed by atoms with van der Waals surface area (Å²) in [7, 11) is 0. The monoisotopic (exact) mass is 370 g/mol. The van der Waals surface area contributed by atoms with E-state index < -0.39 is 0 Å². The fraction of sp³-hybridized carbons (Fsp3) is 0.760. The van der Waals surface area contributed by atoms with E-state index in [9.17, 15) is 5.11 Å². The standard InChI is InChI=1S/C25H38O2/c1-7-8-9-10-11-24(3,4)16-12-19(26)22-20(13-16)27-23-15(2)17-14-18(21(22)23)25(17,5)6/h12-13,15,17-18,21,23,26H,7-11,14H2,1-6H3/t15-,17-,18+,21-,23-/m0/s1. The van der Waals surface area contributed by atoms with Crippen molar-refractivity contribution in [2.45, 2.75) is 97.5 Å². The Morgan fingerprint density at radius 2 is 1.89 bits per heavy atom. The SMILES string of the molecule is CCCCCCC(C)(C)c1cc(O)c2c(c1)O[C@H]1[C@@H](C)[C@@H]3C[C@H]([C@@H]21)C3(C)C. The Bertz CT molecular complexity index is 717. The number of benzene rings is 1. The molecule has 1 N–H and O–H groups in total. The highest BCUT2D eigenvalue weighted by Crippen LogP contribution is 2.69. The molecular weight excluding hydrogens is 332 g/mol. The second-order valence-electron chi connectivity index (χ2n) is 10.8. The topological polar surface area (TPSA) is 29.5 Å². The Morgan fingerprint density at radius 3 is 2.56 bits per heavy atom. The van der Waals surface area contributed by atoms with E-state index in [0.29, 0.717) is 28.9 Å². The fourth-order valence-corrected chi connectivity index (χ4v) is 6.55. The van der Waals surface area contributed by atoms with Crippen LogP contribution >= 0.6 is 0 Å². The average Bonchev–Trinajstić information content (AvgIpc) is 2.99. The molecule has 2 bridgehead atoms. The van der Waals surface area contributed by atoms with Crippen molar-refractivity contribution in [2.75, 3.05) is 0 Å². The molecule has 5 rings (SSSR count). The first-order valence-corrected chi connectivity index (χ1v) is 11.2. The quantitative estimate of drug-likeness (QED) is 0.558. The van der Waals surface area contributed by atoms with E-state index in [2.05, 4.69) is 47.6 Å². The second-order valence-corrected chi connectivity index (χ2v) is 10.8. The van der Waals surface area contributed by atoms with Gasteiger partial charge in [-0.1, -0.05) is 67.2 Å². The summed E-state index contributed by atoms with van der Waals surface area (Å²) < 4.78 is 6.52. The van der Waals surface area contributed by atoms with Gasteiger partial charge in [0, 0.05) is 11.5 Å². The van der Waals surface area contributed by atoms with Crippen LogP contribution in [0.4, 0.5) is 0 Å². The first kappa shape index (κ1) is 19.2. The van der Waals surface area contributed by atoms with Gasteiger partial charge in [0.25, 0.3) is 0 Å². The highest BCUT2D eigenvalue weighted by molar-refractivity contribution is 5.55. The predicted octanol–water partition coefficient (Wildman–Crippen LogP) is 6.80. The first-order chi connectivity index (χ1) is 12.7. The summed E-state index contributed by atoms with van der Waals surface area (Å²) in [6, 6.07) is 4.30. The van der Waals surface area contributed by atoms with Gasteiger partial charge in [0.15, 0.2) is 0 Å². The van der Waals surface area contributed by atoms with Crippen LogP contribution in [0.2, 0.25) is 0 Å². The summed E-state index contributed by atoms with van der Waals surface area (Å²) in [5, 5.41) is 11.0. The number of phenolic OH excluding ortho intramolecular Hbond substituents is 1. The van der Waals surface area contributed by atoms with Crippen LogP contribution in [0.3, 0.4) is 0 Å². The minimum absolute atomic E-state index is 0.0738. The zero-order valence-corrected chi connectivity index (χ0v) is 18.1. The highest BCUT2D eigenvalue weighted by Gasteiger charge is 2.64. The molecule has 0 amide bonds. The van der Waals surface area contributed by atoms with E-state index in [1.54, 1.807) is 0 Å². The molecule has 5 atom stereocenters. The first-order valence-electron chi connectivity index (χ1n) is 11.2. The molecule has 150 valence electrons. The fourth-order valence-electron chi connectivity index (χ4n) is 6.55. The van der Waals surface area contributed by atoms with Gasteiger partial charge in [-0.2, -0.15) is 0 Å². The summed E-state index contributed by atoms with van der Waals surface area (Å²) >= 11 is 0. The highest BCUT2D eigenvalue weighted by atomic mass is 16.5. The van der Waals surface area contributed by atoms with Crippen LogP contribution < -0.4 is 4.74 Å². The Kier molecular flexibility index (Phi) is 4.56. The Balaban J connectivity index is 1.61. The van der Waals surface area contributed by atoms with Gasteiger partial charge in [0.1, 0.15) is 17.6 Å². The van der Waals surface area contributed by atoms with Crippen molar-refractivity contribution in [3.63, 3.8) is 0 Å². The van der Waals surface area contributed by atoms with Crippen LogP contribution in [-0.2, 0) is 5.41 Å². The Labute approximate surface area is 165 Å². The maximum absolute atomic E-state index is 11.0. The molecule has 0 aromatic heterocycles. The lowest BCUT2D eigenvalue weighted by Crippen LogP contribution is -2.60. The molecule has 0 spiro atoms. The molecule has 0 radical (unpaired) electrons. The summed E-state index contributed by atoms with van der Waals surface area (Å²) in [4.78, 5) is 0. The summed E-state index contributed by atoms with van der Waals surface area (Å²) in [6.45, 7) is 14.1. The van der Waals surface area contributed by atoms with Gasteiger partial charge in [-0.15, -0.1) is 0 Å². The van der Waals surface area contributed by atoms with Crippen LogP contribution in [0.15, 0.2) is 12.1 Å². The Morgan fingerprint density at radius 1 is 1.15 bits per heavy atom. The summed E-state index contributed by atoms with van der Waals surface area (Å²) in [6.07, 6.45) is 7.84. The molecule has 0 saturated heterocycles. The number of unbranched alkanes of at least 4 members (excludes halogenated alkanes) is 3. The van der Waals surface area contributed by atoms with E-state index >= 15 is 0 Å². The van der Waals surface area contributed by atoms with Gasteiger partial charge in [-0.25, -0.2) is 0 Å². The van der Waals surface area contributed by atoms with Crippen molar-refractivity contribution in [3.05, 3.63) is 23.3 Å². The maximum Gasteiger partial charge on any atom is 0.127 e. The van der Waals surface area contributed by atoms with Gasteiger partial charge >= 0.3 is 0 Å². The maximum atomic E-state index is 11.0. The molecule has 3 fully saturated rings. The molecule has 4 aliphatic rings. The molecule has 1 aromatic carbocycles. The predicted molar refractivity (Wildman–Crippen MR) is 112 cm³/mol. The zero-order valence-electron chi connectivity index (χ0n) is 18.1. The molecule has 3 aliphatic carbocycles. The lowest BCUT2D eigenvalue weighted by molar-refractivity contribution is -0.153. The molecule has 3 saturated carbocycles. The van der Waals surface area contributed by atoms with Gasteiger partial charge in [-0.3, -0.25) is 0 Å². The van der Waals surface area contributed by atoms with E-state index in [4.69, 9.17) is 4.74 Å². The summed E-state index contributed by atoms with van der Waals surface area (Å²) in [5.41, 5.74) is 2.78. The van der Waals surface area contributed by atoms with Crippen LogP contribution in [0, 0.1) is 23.2 Å². The van der Waals surface area contributed by atoms with E-state index in [0.717, 1.165) is 23.7 Å². The normalized spacial score (nSPS) is 33.0. The van der Waals surface area contributed by atoms with Gasteiger partial charge in [0.2, 0.25) is 0 Å². The van der Waals surface area contributed by atoms with E-state index in [1.807, 2.05) is 6.07 Å². The number of hydrogen-bond donors (Lipinski definition) is 1. The molecule has 0 unspecified atom stereocenters. The van der Waals surface area contributed by atoms with Gasteiger partial charge in [-0.05, 0) is 59.1 Å². The van der Waals surface area contributed by atoms with Crippen LogP contribution in [0.25, 0.3) is 0 Å². The molecule has 2 heteroatoms. The van der Waals surface area contributed by atoms with Crippen molar-refractivity contribution in [1.29, 1.82) is 0 Å². The van der Waals surface area contributed by atoms with Crippen molar-refractivity contribution in [3.8, 4) is 11.5 Å².